The summed E-state index contributed by atoms with van der Waals surface area (Å²) in [5.74, 6) is 0. The number of aliphatic imine (C=N–C) groups is 1. The van der Waals surface area contributed by atoms with E-state index in [1.807, 2.05) is 32.1 Å². The molecule has 0 aromatic heterocycles. The van der Waals surface area contributed by atoms with Crippen LogP contribution in [0, 0.1) is 0 Å². The highest BCUT2D eigenvalue weighted by molar-refractivity contribution is 5.40. The third-order valence-electron chi connectivity index (χ3n) is 1.46. The van der Waals surface area contributed by atoms with Crippen molar-refractivity contribution in [2.45, 2.75) is 13.8 Å². The van der Waals surface area contributed by atoms with Gasteiger partial charge in [-0.1, -0.05) is 30.9 Å². The predicted molar refractivity (Wildman–Crippen MR) is 56.4 cm³/mol. The second kappa shape index (κ2) is 6.35. The van der Waals surface area contributed by atoms with Crippen LogP contribution in [0.1, 0.15) is 13.8 Å². The Morgan fingerprint density at radius 1 is 1.42 bits per heavy atom. The summed E-state index contributed by atoms with van der Waals surface area (Å²) in [6, 6.07) is 0. The lowest BCUT2D eigenvalue weighted by molar-refractivity contribution is 1.36. The topological polar surface area (TPSA) is 12.4 Å². The summed E-state index contributed by atoms with van der Waals surface area (Å²) in [5, 5.41) is 0. The summed E-state index contributed by atoms with van der Waals surface area (Å²) in [6.07, 6.45) is 9.40. The smallest absolute Gasteiger partial charge is 0.0295 e. The van der Waals surface area contributed by atoms with Crippen LogP contribution < -0.4 is 0 Å². The van der Waals surface area contributed by atoms with Gasteiger partial charge in [0.1, 0.15) is 0 Å². The van der Waals surface area contributed by atoms with Crippen molar-refractivity contribution in [1.82, 2.24) is 0 Å². The van der Waals surface area contributed by atoms with E-state index in [4.69, 9.17) is 0 Å². The lowest BCUT2D eigenvalue weighted by Crippen LogP contribution is -1.79. The first-order chi connectivity index (χ1) is 5.76. The van der Waals surface area contributed by atoms with E-state index in [0.717, 1.165) is 11.1 Å². The second-order valence-corrected chi connectivity index (χ2v) is 2.33. The fourth-order valence-corrected chi connectivity index (χ4v) is 0.839. The number of hydrogen-bond donors (Lipinski definition) is 0. The fourth-order valence-electron chi connectivity index (χ4n) is 0.839. The van der Waals surface area contributed by atoms with Gasteiger partial charge in [0.25, 0.3) is 0 Å². The van der Waals surface area contributed by atoms with Crippen molar-refractivity contribution in [3.63, 3.8) is 0 Å². The molecule has 0 aromatic rings. The fraction of sp³-hybridized carbons (Fsp3) is 0.182. The summed E-state index contributed by atoms with van der Waals surface area (Å²) in [6.45, 7) is 11.0. The largest absolute Gasteiger partial charge is 0.272 e. The molecule has 64 valence electrons. The second-order valence-electron chi connectivity index (χ2n) is 2.33. The number of allylic oxidation sites excluding steroid dienone is 6. The molecule has 0 rings (SSSR count). The monoisotopic (exact) mass is 161 g/mol. The zero-order valence-corrected chi connectivity index (χ0v) is 7.75. The molecule has 0 amide bonds. The molecule has 0 aliphatic carbocycles. The van der Waals surface area contributed by atoms with E-state index in [-0.39, 0.29) is 0 Å². The average molecular weight is 161 g/mol. The molecule has 0 heterocycles. The Labute approximate surface area is 74.5 Å². The van der Waals surface area contributed by atoms with Gasteiger partial charge in [0.15, 0.2) is 0 Å². The highest BCUT2D eigenvalue weighted by atomic mass is 14.6. The molecule has 0 spiro atoms. The van der Waals surface area contributed by atoms with E-state index in [9.17, 15) is 0 Å². The third-order valence-corrected chi connectivity index (χ3v) is 1.46. The molecule has 0 aliphatic rings. The maximum absolute atomic E-state index is 3.70. The van der Waals surface area contributed by atoms with Crippen LogP contribution in [0.15, 0.2) is 53.2 Å². The van der Waals surface area contributed by atoms with Gasteiger partial charge in [-0.05, 0) is 31.7 Å². The standard InChI is InChI=1S/C11H15N/c1-5-7-8-11(6-2)10(3)9-12-4/h5-9H,1,4H2,2-3H3/b8-7-,10-9-,11-6+. The van der Waals surface area contributed by atoms with Crippen LogP contribution in [0.5, 0.6) is 0 Å². The maximum Gasteiger partial charge on any atom is 0.0295 e. The van der Waals surface area contributed by atoms with E-state index in [1.54, 1.807) is 12.3 Å². The first-order valence-corrected chi connectivity index (χ1v) is 3.84. The average Bonchev–Trinajstić information content (AvgIpc) is 2.06. The van der Waals surface area contributed by atoms with Crippen LogP contribution in [-0.2, 0) is 0 Å². The summed E-state index contributed by atoms with van der Waals surface area (Å²) < 4.78 is 0. The summed E-state index contributed by atoms with van der Waals surface area (Å²) >= 11 is 0. The highest BCUT2D eigenvalue weighted by Crippen LogP contribution is 2.10. The van der Waals surface area contributed by atoms with Crippen molar-refractivity contribution in [2.75, 3.05) is 0 Å². The highest BCUT2D eigenvalue weighted by Gasteiger charge is 1.91. The molecule has 0 N–H and O–H groups in total. The van der Waals surface area contributed by atoms with Crippen LogP contribution in [0.25, 0.3) is 0 Å². The lowest BCUT2D eigenvalue weighted by Gasteiger charge is -1.98. The van der Waals surface area contributed by atoms with Crippen molar-refractivity contribution in [2.24, 2.45) is 4.99 Å². The number of nitrogens with zero attached hydrogens (tertiary/aromatic N) is 1. The van der Waals surface area contributed by atoms with Crippen molar-refractivity contribution in [3.05, 3.63) is 48.2 Å². The Morgan fingerprint density at radius 3 is 2.50 bits per heavy atom. The molecule has 0 atom stereocenters. The third kappa shape index (κ3) is 3.71. The Morgan fingerprint density at radius 2 is 2.08 bits per heavy atom. The molecule has 0 fully saturated rings. The van der Waals surface area contributed by atoms with Gasteiger partial charge in [-0.25, -0.2) is 0 Å². The van der Waals surface area contributed by atoms with Crippen LogP contribution in [0.2, 0.25) is 0 Å². The lowest BCUT2D eigenvalue weighted by atomic mass is 10.1. The van der Waals surface area contributed by atoms with Gasteiger partial charge in [0, 0.05) is 6.20 Å². The van der Waals surface area contributed by atoms with Crippen molar-refractivity contribution >= 4 is 6.72 Å². The molecule has 12 heavy (non-hydrogen) atoms. The minimum Gasteiger partial charge on any atom is -0.272 e. The van der Waals surface area contributed by atoms with Gasteiger partial charge in [-0.2, -0.15) is 0 Å². The molecule has 0 aliphatic heterocycles. The molecule has 0 radical (unpaired) electrons. The van der Waals surface area contributed by atoms with Crippen LogP contribution in [0.4, 0.5) is 0 Å². The molecular formula is C11H15N. The van der Waals surface area contributed by atoms with E-state index in [1.165, 1.54) is 0 Å². The number of rotatable bonds is 4. The van der Waals surface area contributed by atoms with Gasteiger partial charge in [-0.3, -0.25) is 4.99 Å². The SMILES string of the molecule is C=C\C=C/C(=C\C)C(/C)=C\N=C. The maximum atomic E-state index is 3.70. The predicted octanol–water partition coefficient (Wildman–Crippen LogP) is 3.28. The normalized spacial score (nSPS) is 13.5. The molecule has 0 saturated heterocycles. The molecule has 0 unspecified atom stereocenters. The first kappa shape index (κ1) is 10.6. The Balaban J connectivity index is 4.57. The van der Waals surface area contributed by atoms with E-state index >= 15 is 0 Å². The van der Waals surface area contributed by atoms with Crippen molar-refractivity contribution in [1.29, 1.82) is 0 Å². The zero-order chi connectivity index (χ0) is 9.40. The summed E-state index contributed by atoms with van der Waals surface area (Å²) in [4.78, 5) is 3.70. The molecule has 1 heteroatoms. The molecule has 1 nitrogen and oxygen atoms in total. The molecular weight excluding hydrogens is 146 g/mol. The minimum absolute atomic E-state index is 1.10. The van der Waals surface area contributed by atoms with Crippen molar-refractivity contribution < 1.29 is 0 Å². The van der Waals surface area contributed by atoms with Crippen LogP contribution in [-0.4, -0.2) is 6.72 Å². The zero-order valence-electron chi connectivity index (χ0n) is 7.75. The summed E-state index contributed by atoms with van der Waals surface area (Å²) in [5.41, 5.74) is 2.24. The Hall–Kier alpha value is -1.37. The van der Waals surface area contributed by atoms with E-state index < -0.39 is 0 Å². The van der Waals surface area contributed by atoms with E-state index in [0.29, 0.717) is 0 Å². The van der Waals surface area contributed by atoms with Gasteiger partial charge >= 0.3 is 0 Å². The van der Waals surface area contributed by atoms with Crippen LogP contribution >= 0.6 is 0 Å². The molecule has 0 saturated carbocycles. The molecule has 0 aromatic carbocycles. The molecule has 0 bridgehead atoms. The van der Waals surface area contributed by atoms with Gasteiger partial charge < -0.3 is 0 Å². The summed E-state index contributed by atoms with van der Waals surface area (Å²) in [7, 11) is 0. The van der Waals surface area contributed by atoms with Gasteiger partial charge in [-0.15, -0.1) is 0 Å². The van der Waals surface area contributed by atoms with E-state index in [2.05, 4.69) is 18.3 Å². The first-order valence-electron chi connectivity index (χ1n) is 3.84. The number of hydrogen-bond acceptors (Lipinski definition) is 1. The van der Waals surface area contributed by atoms with Crippen molar-refractivity contribution in [3.8, 4) is 0 Å². The Bertz CT molecular complexity index is 242. The van der Waals surface area contributed by atoms with Crippen LogP contribution in [0.3, 0.4) is 0 Å². The Kier molecular flexibility index (Phi) is 5.62. The minimum atomic E-state index is 1.10. The van der Waals surface area contributed by atoms with Gasteiger partial charge in [0.05, 0.1) is 0 Å². The quantitative estimate of drug-likeness (QED) is 0.443. The van der Waals surface area contributed by atoms with Gasteiger partial charge in [0.2, 0.25) is 0 Å².